The molecule has 2 aliphatic rings. The van der Waals surface area contributed by atoms with E-state index >= 15 is 0 Å². The zero-order valence-corrected chi connectivity index (χ0v) is 20.0. The highest BCUT2D eigenvalue weighted by Crippen LogP contribution is 2.37. The molecule has 1 aliphatic carbocycles. The number of carbonyl (C=O) groups is 3. The highest BCUT2D eigenvalue weighted by Gasteiger charge is 2.45. The Morgan fingerprint density at radius 2 is 1.94 bits per heavy atom. The average molecular weight is 479 g/mol. The molecule has 0 aromatic heterocycles. The molecule has 0 aromatic carbocycles. The maximum Gasteiger partial charge on any atom is 0.336 e. The van der Waals surface area contributed by atoms with Gasteiger partial charge in [-0.15, -0.1) is 0 Å². The van der Waals surface area contributed by atoms with Crippen molar-refractivity contribution < 1.29 is 43.9 Å². The van der Waals surface area contributed by atoms with Crippen LogP contribution >= 0.6 is 0 Å². The summed E-state index contributed by atoms with van der Waals surface area (Å²) in [5.41, 5.74) is 1.45. The van der Waals surface area contributed by atoms with Gasteiger partial charge in [0.2, 0.25) is 0 Å². The van der Waals surface area contributed by atoms with Crippen LogP contribution in [0, 0.1) is 11.8 Å². The van der Waals surface area contributed by atoms with E-state index in [9.17, 15) is 24.6 Å². The molecular weight excluding hydrogens is 444 g/mol. The zero-order valence-electron chi connectivity index (χ0n) is 20.0. The number of esters is 3. The van der Waals surface area contributed by atoms with E-state index in [1.165, 1.54) is 0 Å². The van der Waals surface area contributed by atoms with Crippen molar-refractivity contribution in [1.29, 1.82) is 0 Å². The Labute approximate surface area is 199 Å². The van der Waals surface area contributed by atoms with Crippen molar-refractivity contribution in [3.8, 4) is 0 Å². The van der Waals surface area contributed by atoms with Crippen LogP contribution in [0.15, 0.2) is 47.1 Å². The molecule has 0 spiro atoms. The van der Waals surface area contributed by atoms with Crippen LogP contribution in [0.3, 0.4) is 0 Å². The summed E-state index contributed by atoms with van der Waals surface area (Å²) < 4.78 is 16.7. The molecule has 0 radical (unpaired) electrons. The van der Waals surface area contributed by atoms with Gasteiger partial charge in [0, 0.05) is 18.4 Å². The number of carbonyl (C=O) groups excluding carboxylic acids is 3. The first-order valence-corrected chi connectivity index (χ1v) is 11.2. The molecule has 0 saturated carbocycles. The van der Waals surface area contributed by atoms with Crippen LogP contribution in [0.5, 0.6) is 0 Å². The Hall–Kier alpha value is -2.75. The molecule has 5 atom stereocenters. The highest BCUT2D eigenvalue weighted by molar-refractivity contribution is 5.92. The number of fused-ring (bicyclic) bond motifs is 1. The van der Waals surface area contributed by atoms with Crippen LogP contribution < -0.4 is 0 Å². The predicted octanol–water partition coefficient (Wildman–Crippen LogP) is 1.52. The fraction of sp³-hybridized carbons (Fsp3) is 0.560. The molecule has 1 aliphatic heterocycles. The van der Waals surface area contributed by atoms with Crippen molar-refractivity contribution in [2.45, 2.75) is 65.0 Å². The normalized spacial score (nSPS) is 26.8. The number of hydrogen-bond acceptors (Lipinski definition) is 9. The lowest BCUT2D eigenvalue weighted by atomic mass is 9.85. The van der Waals surface area contributed by atoms with E-state index < -0.39 is 61.5 Å². The Balaban J connectivity index is 2.39. The fourth-order valence-electron chi connectivity index (χ4n) is 3.84. The average Bonchev–Trinajstić information content (AvgIpc) is 3.05. The van der Waals surface area contributed by atoms with E-state index in [1.54, 1.807) is 26.8 Å². The van der Waals surface area contributed by atoms with Gasteiger partial charge in [-0.3, -0.25) is 0 Å². The Bertz CT molecular complexity index is 896. The molecule has 5 unspecified atom stereocenters. The third-order valence-corrected chi connectivity index (χ3v) is 5.96. The standard InChI is InChI=1S/C25H34O9/c1-13(2)22(28)25(31)32-18-7-6-14(3)10-19(34-24(30)17(12-27)8-9-26)21-16(5)23(29)33-20(21)11-15(18)4/h6,8,11,13,18-22,26-28H,5,7,9-10,12H2,1-4H3. The molecule has 9 heteroatoms. The summed E-state index contributed by atoms with van der Waals surface area (Å²) in [5.74, 6) is -3.19. The van der Waals surface area contributed by atoms with Gasteiger partial charge in [-0.2, -0.15) is 0 Å². The van der Waals surface area contributed by atoms with Crippen LogP contribution in [0.25, 0.3) is 0 Å². The molecule has 0 amide bonds. The van der Waals surface area contributed by atoms with Gasteiger partial charge in [0.05, 0.1) is 24.7 Å². The maximum atomic E-state index is 12.6. The van der Waals surface area contributed by atoms with Gasteiger partial charge in [0.25, 0.3) is 0 Å². The lowest BCUT2D eigenvalue weighted by Crippen LogP contribution is -2.35. The summed E-state index contributed by atoms with van der Waals surface area (Å²) in [4.78, 5) is 37.3. The smallest absolute Gasteiger partial charge is 0.336 e. The predicted molar refractivity (Wildman–Crippen MR) is 122 cm³/mol. The summed E-state index contributed by atoms with van der Waals surface area (Å²) in [6, 6.07) is 0. The van der Waals surface area contributed by atoms with Crippen molar-refractivity contribution >= 4 is 17.9 Å². The van der Waals surface area contributed by atoms with Gasteiger partial charge >= 0.3 is 17.9 Å². The van der Waals surface area contributed by atoms with E-state index in [0.717, 1.165) is 11.6 Å². The molecule has 0 aromatic rings. The number of hydrogen-bond donors (Lipinski definition) is 3. The summed E-state index contributed by atoms with van der Waals surface area (Å²) in [5, 5.41) is 28.6. The van der Waals surface area contributed by atoms with Crippen molar-refractivity contribution in [1.82, 2.24) is 0 Å². The van der Waals surface area contributed by atoms with Crippen molar-refractivity contribution in [3.05, 3.63) is 47.1 Å². The summed E-state index contributed by atoms with van der Waals surface area (Å²) in [6.07, 6.45) is 1.60. The molecule has 9 nitrogen and oxygen atoms in total. The highest BCUT2D eigenvalue weighted by atomic mass is 16.6. The summed E-state index contributed by atoms with van der Waals surface area (Å²) >= 11 is 0. The molecule has 34 heavy (non-hydrogen) atoms. The van der Waals surface area contributed by atoms with Crippen molar-refractivity contribution in [3.63, 3.8) is 0 Å². The molecule has 1 saturated heterocycles. The Morgan fingerprint density at radius 1 is 1.26 bits per heavy atom. The minimum atomic E-state index is -1.26. The summed E-state index contributed by atoms with van der Waals surface area (Å²) in [6.45, 7) is 9.73. The third kappa shape index (κ3) is 6.65. The van der Waals surface area contributed by atoms with Crippen LogP contribution in [0.4, 0.5) is 0 Å². The molecule has 3 N–H and O–H groups in total. The Morgan fingerprint density at radius 3 is 2.53 bits per heavy atom. The van der Waals surface area contributed by atoms with Crippen LogP contribution in [-0.4, -0.2) is 70.9 Å². The molecular formula is C25H34O9. The first kappa shape index (κ1) is 27.5. The van der Waals surface area contributed by atoms with Crippen molar-refractivity contribution in [2.24, 2.45) is 11.8 Å². The van der Waals surface area contributed by atoms with E-state index in [4.69, 9.17) is 19.3 Å². The van der Waals surface area contributed by atoms with E-state index in [1.807, 2.05) is 13.0 Å². The minimum absolute atomic E-state index is 0.101. The van der Waals surface area contributed by atoms with Crippen LogP contribution in [0.1, 0.15) is 40.5 Å². The molecule has 2 rings (SSSR count). The monoisotopic (exact) mass is 478 g/mol. The summed E-state index contributed by atoms with van der Waals surface area (Å²) in [7, 11) is 0. The second-order valence-electron chi connectivity index (χ2n) is 8.95. The van der Waals surface area contributed by atoms with Gasteiger partial charge in [-0.25, -0.2) is 14.4 Å². The van der Waals surface area contributed by atoms with Crippen LogP contribution in [-0.2, 0) is 28.6 Å². The van der Waals surface area contributed by atoms with Crippen LogP contribution in [0.2, 0.25) is 0 Å². The second kappa shape index (κ2) is 12.1. The molecule has 1 fully saturated rings. The van der Waals surface area contributed by atoms with Crippen molar-refractivity contribution in [2.75, 3.05) is 13.2 Å². The second-order valence-corrected chi connectivity index (χ2v) is 8.95. The van der Waals surface area contributed by atoms with Gasteiger partial charge in [-0.05, 0) is 37.5 Å². The maximum absolute atomic E-state index is 12.6. The lowest BCUT2D eigenvalue weighted by Gasteiger charge is -2.29. The number of rotatable bonds is 7. The first-order chi connectivity index (χ1) is 16.0. The molecule has 0 bridgehead atoms. The van der Waals surface area contributed by atoms with E-state index in [-0.39, 0.29) is 23.5 Å². The lowest BCUT2D eigenvalue weighted by molar-refractivity contribution is -0.159. The first-order valence-electron chi connectivity index (χ1n) is 11.2. The number of aliphatic hydroxyl groups is 3. The minimum Gasteiger partial charge on any atom is -0.458 e. The Kier molecular flexibility index (Phi) is 9.78. The van der Waals surface area contributed by atoms with E-state index in [0.29, 0.717) is 12.0 Å². The SMILES string of the molecule is C=C1C(=O)OC2C=C(C)C(OC(=O)C(O)C(C)C)CC=C(C)CC(OC(=O)C(=CCO)CO)C12. The zero-order chi connectivity index (χ0) is 25.6. The largest absolute Gasteiger partial charge is 0.458 e. The molecule has 1 heterocycles. The topological polar surface area (TPSA) is 140 Å². The number of aliphatic hydroxyl groups excluding tert-OH is 3. The molecule has 188 valence electrons. The van der Waals surface area contributed by atoms with Gasteiger partial charge in [0.15, 0.2) is 6.10 Å². The fourth-order valence-corrected chi connectivity index (χ4v) is 3.84. The third-order valence-electron chi connectivity index (χ3n) is 5.96. The van der Waals surface area contributed by atoms with E-state index in [2.05, 4.69) is 6.58 Å². The van der Waals surface area contributed by atoms with Gasteiger partial charge in [0.1, 0.15) is 18.3 Å². The number of ether oxygens (including phenoxy) is 3. The van der Waals surface area contributed by atoms with Gasteiger partial charge < -0.3 is 29.5 Å². The van der Waals surface area contributed by atoms with Gasteiger partial charge in [-0.1, -0.05) is 32.1 Å². The quantitative estimate of drug-likeness (QED) is 0.215.